The first kappa shape index (κ1) is 19.3. The number of esters is 1. The maximum absolute atomic E-state index is 11.9. The molecule has 1 heterocycles. The van der Waals surface area contributed by atoms with Gasteiger partial charge in [0.15, 0.2) is 0 Å². The van der Waals surface area contributed by atoms with Crippen LogP contribution in [0.25, 0.3) is 6.08 Å². The second-order valence-corrected chi connectivity index (χ2v) is 6.79. The first-order valence-electron chi connectivity index (χ1n) is 9.24. The van der Waals surface area contributed by atoms with Crippen LogP contribution in [0, 0.1) is 13.8 Å². The van der Waals surface area contributed by atoms with Gasteiger partial charge in [-0.05, 0) is 50.8 Å². The first-order chi connectivity index (χ1) is 12.0. The number of methoxy groups -OCH3 is 1. The van der Waals surface area contributed by atoms with Crippen molar-refractivity contribution < 1.29 is 14.3 Å². The van der Waals surface area contributed by atoms with Gasteiger partial charge in [-0.15, -0.1) is 0 Å². The molecule has 1 aliphatic carbocycles. The zero-order valence-corrected chi connectivity index (χ0v) is 15.6. The zero-order valence-electron chi connectivity index (χ0n) is 15.6. The number of aryl methyl sites for hydroxylation is 1. The van der Waals surface area contributed by atoms with Gasteiger partial charge in [0.2, 0.25) is 5.91 Å². The molecule has 2 rings (SSSR count). The molecule has 138 valence electrons. The Morgan fingerprint density at radius 3 is 2.68 bits per heavy atom. The van der Waals surface area contributed by atoms with Gasteiger partial charge in [-0.3, -0.25) is 9.59 Å². The molecule has 1 aliphatic rings. The van der Waals surface area contributed by atoms with Gasteiger partial charge < -0.3 is 14.6 Å². The van der Waals surface area contributed by atoms with E-state index in [0.29, 0.717) is 25.4 Å². The Bertz CT molecular complexity index is 625. The van der Waals surface area contributed by atoms with E-state index in [2.05, 4.69) is 34.5 Å². The minimum atomic E-state index is -0.250. The summed E-state index contributed by atoms with van der Waals surface area (Å²) in [6.07, 6.45) is 10.8. The summed E-state index contributed by atoms with van der Waals surface area (Å²) >= 11 is 0. The molecule has 0 spiro atoms. The van der Waals surface area contributed by atoms with Crippen molar-refractivity contribution in [1.29, 1.82) is 0 Å². The van der Waals surface area contributed by atoms with E-state index in [4.69, 9.17) is 0 Å². The summed E-state index contributed by atoms with van der Waals surface area (Å²) in [4.78, 5) is 22.9. The van der Waals surface area contributed by atoms with Gasteiger partial charge in [-0.2, -0.15) is 0 Å². The lowest BCUT2D eigenvalue weighted by Crippen LogP contribution is -2.22. The Balaban J connectivity index is 1.90. The van der Waals surface area contributed by atoms with Crippen LogP contribution in [0.3, 0.4) is 0 Å². The predicted octanol–water partition coefficient (Wildman–Crippen LogP) is 3.69. The third-order valence-corrected chi connectivity index (χ3v) is 4.96. The molecule has 0 aliphatic heterocycles. The Morgan fingerprint density at radius 1 is 1.28 bits per heavy atom. The molecule has 1 amide bonds. The highest BCUT2D eigenvalue weighted by Crippen LogP contribution is 2.32. The van der Waals surface area contributed by atoms with Crippen molar-refractivity contribution in [2.45, 2.75) is 64.8 Å². The van der Waals surface area contributed by atoms with E-state index in [0.717, 1.165) is 5.56 Å². The molecule has 0 radical (unpaired) electrons. The fourth-order valence-corrected chi connectivity index (χ4v) is 3.64. The molecule has 1 aromatic heterocycles. The third kappa shape index (κ3) is 5.48. The molecule has 5 heteroatoms. The molecular weight excluding hydrogens is 316 g/mol. The average molecular weight is 346 g/mol. The van der Waals surface area contributed by atoms with Crippen LogP contribution < -0.4 is 5.32 Å². The molecule has 0 saturated heterocycles. The highest BCUT2D eigenvalue weighted by molar-refractivity contribution is 5.91. The maximum Gasteiger partial charge on any atom is 0.305 e. The summed E-state index contributed by atoms with van der Waals surface area (Å²) in [6, 6.07) is 2.76. The van der Waals surface area contributed by atoms with Crippen molar-refractivity contribution in [3.63, 3.8) is 0 Å². The Kier molecular flexibility index (Phi) is 7.29. The van der Waals surface area contributed by atoms with Gasteiger partial charge in [-0.1, -0.05) is 19.3 Å². The minimum Gasteiger partial charge on any atom is -0.469 e. The van der Waals surface area contributed by atoms with Gasteiger partial charge in [0, 0.05) is 36.5 Å². The van der Waals surface area contributed by atoms with E-state index in [1.165, 1.54) is 50.6 Å². The van der Waals surface area contributed by atoms with Gasteiger partial charge in [0.25, 0.3) is 0 Å². The average Bonchev–Trinajstić information content (AvgIpc) is 2.91. The zero-order chi connectivity index (χ0) is 18.2. The highest BCUT2D eigenvalue weighted by Gasteiger charge is 2.19. The maximum atomic E-state index is 11.9. The van der Waals surface area contributed by atoms with E-state index >= 15 is 0 Å². The number of hydrogen-bond donors (Lipinski definition) is 1. The molecular formula is C20H30N2O3. The molecule has 1 saturated carbocycles. The first-order valence-corrected chi connectivity index (χ1v) is 9.24. The lowest BCUT2D eigenvalue weighted by Gasteiger charge is -2.26. The molecule has 0 unspecified atom stereocenters. The molecule has 1 aromatic rings. The van der Waals surface area contributed by atoms with E-state index < -0.39 is 0 Å². The van der Waals surface area contributed by atoms with Crippen LogP contribution >= 0.6 is 0 Å². The summed E-state index contributed by atoms with van der Waals surface area (Å²) in [5, 5.41) is 2.80. The van der Waals surface area contributed by atoms with Crippen LogP contribution in [0.15, 0.2) is 12.1 Å². The Morgan fingerprint density at radius 2 is 2.00 bits per heavy atom. The van der Waals surface area contributed by atoms with Crippen molar-refractivity contribution in [1.82, 2.24) is 9.88 Å². The fourth-order valence-electron chi connectivity index (χ4n) is 3.64. The number of nitrogens with one attached hydrogen (secondary N) is 1. The number of carbonyl (C=O) groups is 2. The van der Waals surface area contributed by atoms with Crippen LogP contribution in [0.4, 0.5) is 0 Å². The van der Waals surface area contributed by atoms with E-state index in [1.807, 2.05) is 6.08 Å². The lowest BCUT2D eigenvalue weighted by atomic mass is 9.95. The number of rotatable bonds is 7. The van der Waals surface area contributed by atoms with Crippen molar-refractivity contribution in [2.24, 2.45) is 0 Å². The van der Waals surface area contributed by atoms with Crippen LogP contribution in [-0.2, 0) is 14.3 Å². The molecule has 25 heavy (non-hydrogen) atoms. The fraction of sp³-hybridized carbons (Fsp3) is 0.600. The quantitative estimate of drug-likeness (QED) is 0.465. The lowest BCUT2D eigenvalue weighted by molar-refractivity contribution is -0.140. The second kappa shape index (κ2) is 9.44. The van der Waals surface area contributed by atoms with E-state index in [-0.39, 0.29) is 11.9 Å². The monoisotopic (exact) mass is 346 g/mol. The van der Waals surface area contributed by atoms with Crippen LogP contribution in [-0.4, -0.2) is 30.1 Å². The van der Waals surface area contributed by atoms with Gasteiger partial charge in [0.1, 0.15) is 0 Å². The smallest absolute Gasteiger partial charge is 0.305 e. The van der Waals surface area contributed by atoms with Crippen molar-refractivity contribution in [3.8, 4) is 0 Å². The predicted molar refractivity (Wildman–Crippen MR) is 99.3 cm³/mol. The highest BCUT2D eigenvalue weighted by atomic mass is 16.5. The second-order valence-electron chi connectivity index (χ2n) is 6.79. The number of amides is 1. The van der Waals surface area contributed by atoms with Gasteiger partial charge >= 0.3 is 5.97 Å². The van der Waals surface area contributed by atoms with Crippen LogP contribution in [0.5, 0.6) is 0 Å². The molecule has 5 nitrogen and oxygen atoms in total. The third-order valence-electron chi connectivity index (χ3n) is 4.96. The number of carbonyl (C=O) groups excluding carboxylic acids is 2. The molecule has 0 aromatic carbocycles. The summed E-state index contributed by atoms with van der Waals surface area (Å²) < 4.78 is 7.01. The van der Waals surface area contributed by atoms with E-state index in [1.54, 1.807) is 6.08 Å². The van der Waals surface area contributed by atoms with E-state index in [9.17, 15) is 9.59 Å². The summed E-state index contributed by atoms with van der Waals surface area (Å²) in [5.41, 5.74) is 3.61. The Hall–Kier alpha value is -2.04. The molecule has 1 fully saturated rings. The topological polar surface area (TPSA) is 60.3 Å². The summed E-state index contributed by atoms with van der Waals surface area (Å²) in [6.45, 7) is 4.75. The number of hydrogen-bond acceptors (Lipinski definition) is 3. The summed E-state index contributed by atoms with van der Waals surface area (Å²) in [5.74, 6) is -0.382. The largest absolute Gasteiger partial charge is 0.469 e. The van der Waals surface area contributed by atoms with Crippen molar-refractivity contribution in [2.75, 3.05) is 13.7 Å². The molecule has 0 atom stereocenters. The number of ether oxygens (including phenoxy) is 1. The normalized spacial score (nSPS) is 15.5. The number of aromatic nitrogens is 1. The van der Waals surface area contributed by atoms with Crippen LogP contribution in [0.1, 0.15) is 67.9 Å². The van der Waals surface area contributed by atoms with Gasteiger partial charge in [-0.25, -0.2) is 0 Å². The number of nitrogens with zero attached hydrogens (tertiary/aromatic N) is 1. The van der Waals surface area contributed by atoms with Gasteiger partial charge in [0.05, 0.1) is 7.11 Å². The SMILES string of the molecule is COC(=O)CCCNC(=O)/C=C/c1cc(C)n(C2CCCCC2)c1C. The van der Waals surface area contributed by atoms with Crippen molar-refractivity contribution in [3.05, 3.63) is 29.1 Å². The molecule has 0 bridgehead atoms. The molecule has 1 N–H and O–H groups in total. The standard InChI is InChI=1S/C20H30N2O3/c1-15-14-17(16(2)22(15)18-8-5-4-6-9-18)11-12-19(23)21-13-7-10-20(24)25-3/h11-12,14,18H,4-10,13H2,1-3H3,(H,21,23)/b12-11+. The van der Waals surface area contributed by atoms with Crippen LogP contribution in [0.2, 0.25) is 0 Å². The minimum absolute atomic E-state index is 0.132. The summed E-state index contributed by atoms with van der Waals surface area (Å²) in [7, 11) is 1.37. The Labute approximate surface area is 150 Å². The van der Waals surface area contributed by atoms with Crippen molar-refractivity contribution >= 4 is 18.0 Å².